The van der Waals surface area contributed by atoms with Gasteiger partial charge in [0.15, 0.2) is 6.10 Å². The molecule has 0 aromatic carbocycles. The van der Waals surface area contributed by atoms with Crippen LogP contribution in [0.1, 0.15) is 181 Å². The van der Waals surface area contributed by atoms with Gasteiger partial charge in [0.05, 0.1) is 6.61 Å². The first-order chi connectivity index (χ1) is 29.4. The lowest BCUT2D eigenvalue weighted by Crippen LogP contribution is -2.64. The third-order valence-electron chi connectivity index (χ3n) is 10.7. The Balaban J connectivity index is 2.50. The summed E-state index contributed by atoms with van der Waals surface area (Å²) >= 11 is 0. The Morgan fingerprint density at radius 2 is 0.902 bits per heavy atom. The lowest BCUT2D eigenvalue weighted by molar-refractivity contribution is -0.220. The number of aliphatic hydroxyl groups is 5. The summed E-state index contributed by atoms with van der Waals surface area (Å²) in [6.45, 7) is 3.23. The maximum atomic E-state index is 12.8. The molecular formula is C47H83O13P. The van der Waals surface area contributed by atoms with Crippen molar-refractivity contribution in [3.8, 4) is 0 Å². The lowest BCUT2D eigenvalue weighted by atomic mass is 9.85. The van der Waals surface area contributed by atoms with E-state index in [-0.39, 0.29) is 12.8 Å². The van der Waals surface area contributed by atoms with Crippen molar-refractivity contribution >= 4 is 19.8 Å². The Labute approximate surface area is 367 Å². The molecule has 0 heterocycles. The van der Waals surface area contributed by atoms with Crippen LogP contribution in [0.4, 0.5) is 0 Å². The van der Waals surface area contributed by atoms with E-state index in [1.54, 1.807) is 0 Å². The maximum Gasteiger partial charge on any atom is 0.472 e. The number of hydrogen-bond acceptors (Lipinski definition) is 12. The second kappa shape index (κ2) is 37.2. The van der Waals surface area contributed by atoms with Crippen molar-refractivity contribution in [2.24, 2.45) is 0 Å². The molecule has 0 aliphatic heterocycles. The van der Waals surface area contributed by atoms with Crippen molar-refractivity contribution in [2.45, 2.75) is 224 Å². The molecule has 8 atom stereocenters. The molecule has 0 spiro atoms. The van der Waals surface area contributed by atoms with Gasteiger partial charge < -0.3 is 39.9 Å². The lowest BCUT2D eigenvalue weighted by Gasteiger charge is -2.41. The standard InChI is InChI=1S/C47H83O13P/c1-3-5-7-9-11-13-15-17-19-20-22-24-26-28-30-32-34-36-41(49)59-39(38-58-61(55,56)60-47-45(53)43(51)42(50)44(52)46(47)54)37-57-40(48)35-33-31-29-27-25-23-21-18-16-14-12-10-8-6-4-2/h11,13,17,19,22,24,28,30,39,42-47,50-54H,3-10,12,14-16,18,20-21,23,25-27,29,31-38H2,1-2H3,(H,55,56)/b13-11-,19-17-,24-22-,30-28-/t39-,42-,43-,44+,45+,46+,47-/m1/s1. The van der Waals surface area contributed by atoms with Crippen molar-refractivity contribution in [2.75, 3.05) is 13.2 Å². The van der Waals surface area contributed by atoms with Crippen LogP contribution >= 0.6 is 7.82 Å². The minimum atomic E-state index is -5.13. The molecule has 14 heteroatoms. The van der Waals surface area contributed by atoms with E-state index in [2.05, 4.69) is 50.3 Å². The smallest absolute Gasteiger partial charge is 0.462 e. The van der Waals surface area contributed by atoms with Gasteiger partial charge in [-0.15, -0.1) is 0 Å². The number of rotatable bonds is 38. The maximum absolute atomic E-state index is 12.8. The number of aliphatic hydroxyl groups excluding tert-OH is 5. The number of phosphoric acid groups is 1. The monoisotopic (exact) mass is 887 g/mol. The zero-order valence-corrected chi connectivity index (χ0v) is 38.3. The quantitative estimate of drug-likeness (QED) is 0.0148. The number of carbonyl (C=O) groups excluding carboxylic acids is 2. The molecule has 1 aliphatic rings. The molecule has 1 unspecified atom stereocenters. The van der Waals surface area contributed by atoms with Gasteiger partial charge in [-0.1, -0.05) is 165 Å². The zero-order valence-electron chi connectivity index (χ0n) is 37.4. The molecule has 1 rings (SSSR count). The molecule has 13 nitrogen and oxygen atoms in total. The fraction of sp³-hybridized carbons (Fsp3) is 0.787. The normalized spacial score (nSPS) is 22.4. The summed E-state index contributed by atoms with van der Waals surface area (Å²) in [5.74, 6) is -1.16. The summed E-state index contributed by atoms with van der Waals surface area (Å²) in [4.78, 5) is 35.7. The van der Waals surface area contributed by atoms with Crippen LogP contribution in [0.25, 0.3) is 0 Å². The van der Waals surface area contributed by atoms with E-state index in [9.17, 15) is 44.6 Å². The molecular weight excluding hydrogens is 803 g/mol. The van der Waals surface area contributed by atoms with Crippen LogP contribution in [0, 0.1) is 0 Å². The van der Waals surface area contributed by atoms with Gasteiger partial charge in [-0.05, 0) is 51.4 Å². The molecule has 1 aliphatic carbocycles. The van der Waals surface area contributed by atoms with Crippen molar-refractivity contribution in [3.05, 3.63) is 48.6 Å². The van der Waals surface area contributed by atoms with Crippen molar-refractivity contribution in [1.29, 1.82) is 0 Å². The Morgan fingerprint density at radius 3 is 1.39 bits per heavy atom. The topological polar surface area (TPSA) is 210 Å². The van der Waals surface area contributed by atoms with Gasteiger partial charge in [-0.25, -0.2) is 4.57 Å². The first-order valence-electron chi connectivity index (χ1n) is 23.4. The molecule has 6 N–H and O–H groups in total. The number of esters is 2. The Morgan fingerprint density at radius 1 is 0.508 bits per heavy atom. The van der Waals surface area contributed by atoms with Gasteiger partial charge >= 0.3 is 19.8 Å². The highest BCUT2D eigenvalue weighted by Crippen LogP contribution is 2.47. The SMILES string of the molecule is CCCCC/C=C\C/C=C\C/C=C\C/C=C\CCCC(=O)O[C@H](COC(=O)CCCCCCCCCCCCCCCCC)COP(=O)(O)O[C@@H]1[C@@H](O)[C@H](O)[C@@H](O)[C@H](O)[C@@H]1O. The highest BCUT2D eigenvalue weighted by molar-refractivity contribution is 7.47. The van der Waals surface area contributed by atoms with Crippen molar-refractivity contribution < 1.29 is 63.1 Å². The fourth-order valence-corrected chi connectivity index (χ4v) is 7.84. The average Bonchev–Trinajstić information content (AvgIpc) is 3.24. The van der Waals surface area contributed by atoms with Crippen molar-refractivity contribution in [1.82, 2.24) is 0 Å². The summed E-state index contributed by atoms with van der Waals surface area (Å²) in [7, 11) is -5.13. The third kappa shape index (κ3) is 29.7. The third-order valence-corrected chi connectivity index (χ3v) is 11.7. The van der Waals surface area contributed by atoms with Gasteiger partial charge in [0.25, 0.3) is 0 Å². The van der Waals surface area contributed by atoms with Crippen molar-refractivity contribution in [3.63, 3.8) is 0 Å². The number of allylic oxidation sites excluding steroid dienone is 8. The van der Waals surface area contributed by atoms with Crippen LogP contribution in [0.2, 0.25) is 0 Å². The van der Waals surface area contributed by atoms with Crippen LogP contribution in [-0.4, -0.2) is 98.3 Å². The number of hydrogen-bond donors (Lipinski definition) is 6. The predicted molar refractivity (Wildman–Crippen MR) is 239 cm³/mol. The Kier molecular flexibility index (Phi) is 34.7. The summed E-state index contributed by atoms with van der Waals surface area (Å²) < 4.78 is 33.5. The van der Waals surface area contributed by atoms with E-state index in [0.717, 1.165) is 44.9 Å². The van der Waals surface area contributed by atoms with Gasteiger partial charge in [0.2, 0.25) is 0 Å². The number of phosphoric ester groups is 1. The molecule has 354 valence electrons. The van der Waals surface area contributed by atoms with Crippen LogP contribution < -0.4 is 0 Å². The number of carbonyl (C=O) groups is 2. The van der Waals surface area contributed by atoms with E-state index < -0.39 is 75.7 Å². The molecule has 0 amide bonds. The highest BCUT2D eigenvalue weighted by Gasteiger charge is 2.51. The largest absolute Gasteiger partial charge is 0.472 e. The van der Waals surface area contributed by atoms with Crippen LogP contribution in [0.15, 0.2) is 48.6 Å². The molecule has 1 fully saturated rings. The molecule has 0 aromatic rings. The Bertz CT molecular complexity index is 1250. The predicted octanol–water partition coefficient (Wildman–Crippen LogP) is 9.17. The minimum absolute atomic E-state index is 0.0213. The second-order valence-corrected chi connectivity index (χ2v) is 17.7. The molecule has 1 saturated carbocycles. The number of ether oxygens (including phenoxy) is 2. The van der Waals surface area contributed by atoms with E-state index in [4.69, 9.17) is 18.5 Å². The first-order valence-corrected chi connectivity index (χ1v) is 24.9. The molecule has 0 radical (unpaired) electrons. The first kappa shape index (κ1) is 56.8. The average molecular weight is 887 g/mol. The highest BCUT2D eigenvalue weighted by atomic mass is 31.2. The molecule has 61 heavy (non-hydrogen) atoms. The summed E-state index contributed by atoms with van der Waals surface area (Å²) in [6, 6.07) is 0. The van der Waals surface area contributed by atoms with Gasteiger partial charge in [0.1, 0.15) is 43.2 Å². The molecule has 0 bridgehead atoms. The van der Waals surface area contributed by atoms with E-state index in [0.29, 0.717) is 19.3 Å². The summed E-state index contributed by atoms with van der Waals surface area (Å²) in [5.41, 5.74) is 0. The minimum Gasteiger partial charge on any atom is -0.462 e. The van der Waals surface area contributed by atoms with Gasteiger partial charge in [0, 0.05) is 12.8 Å². The molecule has 0 saturated heterocycles. The molecule has 0 aromatic heterocycles. The van der Waals surface area contributed by atoms with Gasteiger partial charge in [-0.2, -0.15) is 0 Å². The Hall–Kier alpha value is -2.19. The second-order valence-electron chi connectivity index (χ2n) is 16.3. The van der Waals surface area contributed by atoms with E-state index in [1.807, 2.05) is 12.2 Å². The van der Waals surface area contributed by atoms with E-state index >= 15 is 0 Å². The van der Waals surface area contributed by atoms with Crippen LogP contribution in [-0.2, 0) is 32.7 Å². The summed E-state index contributed by atoms with van der Waals surface area (Å²) in [5, 5.41) is 50.1. The zero-order chi connectivity index (χ0) is 45.0. The fourth-order valence-electron chi connectivity index (χ4n) is 6.87. The van der Waals surface area contributed by atoms with Crippen LogP contribution in [0.5, 0.6) is 0 Å². The number of unbranched alkanes of at least 4 members (excludes halogenated alkanes) is 18. The summed E-state index contributed by atoms with van der Waals surface area (Å²) in [6.07, 6.45) is 30.3. The van der Waals surface area contributed by atoms with Crippen LogP contribution in [0.3, 0.4) is 0 Å². The van der Waals surface area contributed by atoms with Gasteiger partial charge in [-0.3, -0.25) is 18.6 Å². The van der Waals surface area contributed by atoms with E-state index in [1.165, 1.54) is 89.9 Å².